The number of nitrogens with zero attached hydrogens (tertiary/aromatic N) is 1. The second-order valence-corrected chi connectivity index (χ2v) is 7.73. The van der Waals surface area contributed by atoms with Crippen LogP contribution in [0.3, 0.4) is 0 Å². The van der Waals surface area contributed by atoms with Crippen molar-refractivity contribution in [1.29, 1.82) is 0 Å². The van der Waals surface area contributed by atoms with Gasteiger partial charge in [0.05, 0.1) is 17.7 Å². The molecule has 8 heteroatoms. The highest BCUT2D eigenvalue weighted by Gasteiger charge is 2.24. The lowest BCUT2D eigenvalue weighted by molar-refractivity contribution is -0.142. The summed E-state index contributed by atoms with van der Waals surface area (Å²) in [6.45, 7) is 1.86. The van der Waals surface area contributed by atoms with Crippen LogP contribution in [0.25, 0.3) is 27.0 Å². The Kier molecular flexibility index (Phi) is 5.29. The van der Waals surface area contributed by atoms with Crippen LogP contribution in [0, 0.1) is 5.82 Å². The van der Waals surface area contributed by atoms with Gasteiger partial charge in [0, 0.05) is 16.5 Å². The summed E-state index contributed by atoms with van der Waals surface area (Å²) in [7, 11) is 0. The number of hydrogen-bond donors (Lipinski definition) is 2. The molecule has 2 aromatic carbocycles. The van der Waals surface area contributed by atoms with E-state index in [-0.39, 0.29) is 17.7 Å². The first-order valence-electron chi connectivity index (χ1n) is 8.93. The smallest absolute Gasteiger partial charge is 0.323 e. The van der Waals surface area contributed by atoms with E-state index >= 15 is 0 Å². The fourth-order valence-electron chi connectivity index (χ4n) is 3.21. The molecule has 2 heterocycles. The van der Waals surface area contributed by atoms with E-state index in [1.165, 1.54) is 34.2 Å². The van der Waals surface area contributed by atoms with E-state index < -0.39 is 17.0 Å². The van der Waals surface area contributed by atoms with Gasteiger partial charge in [-0.15, -0.1) is 11.3 Å². The van der Waals surface area contributed by atoms with Gasteiger partial charge in [0.25, 0.3) is 5.56 Å². The number of rotatable bonds is 5. The zero-order valence-electron chi connectivity index (χ0n) is 15.4. The Morgan fingerprint density at radius 1 is 1.28 bits per heavy atom. The Labute approximate surface area is 175 Å². The number of hydrogen-bond acceptors (Lipinski definition) is 5. The molecule has 4 rings (SSSR count). The van der Waals surface area contributed by atoms with Gasteiger partial charge in [-0.05, 0) is 30.7 Å². The molecule has 2 aromatic heterocycles. The van der Waals surface area contributed by atoms with Crippen molar-refractivity contribution >= 4 is 40.2 Å². The number of halogens is 1. The van der Waals surface area contributed by atoms with Crippen molar-refractivity contribution < 1.29 is 13.9 Å². The zero-order valence-corrected chi connectivity index (χ0v) is 17.1. The Morgan fingerprint density at radius 3 is 2.76 bits per heavy atom. The van der Waals surface area contributed by atoms with Gasteiger partial charge in [0.2, 0.25) is 0 Å². The third-order valence-electron chi connectivity index (χ3n) is 4.54. The third-order valence-corrected chi connectivity index (χ3v) is 5.91. The van der Waals surface area contributed by atoms with Crippen LogP contribution in [0.4, 0.5) is 4.39 Å². The summed E-state index contributed by atoms with van der Waals surface area (Å²) in [6, 6.07) is 13.5. The molecule has 0 aliphatic carbocycles. The van der Waals surface area contributed by atoms with E-state index in [0.29, 0.717) is 15.9 Å². The van der Waals surface area contributed by atoms with E-state index in [9.17, 15) is 14.0 Å². The maximum absolute atomic E-state index is 13.9. The first-order chi connectivity index (χ1) is 14.0. The number of benzene rings is 2. The van der Waals surface area contributed by atoms with E-state index in [0.717, 1.165) is 11.1 Å². The van der Waals surface area contributed by atoms with Crippen molar-refractivity contribution in [3.8, 4) is 16.8 Å². The van der Waals surface area contributed by atoms with Crippen LogP contribution < -0.4 is 5.56 Å². The Hall–Kier alpha value is -2.84. The SMILES string of the molecule is CCOC(=O)C(S)c1cc(F)ccc1-n1[nH]c2scc(-c3ccccc3)c2c1=O. The summed E-state index contributed by atoms with van der Waals surface area (Å²) in [5.41, 5.74) is 2.08. The standard InChI is InChI=1S/C21H17FN2O3S2/c1-2-27-21(26)18(28)14-10-13(22)8-9-16(14)24-20(25)17-15(11-29-19(17)23-24)12-6-4-3-5-7-12/h3-11,18,23,28H,2H2,1H3. The number of aromatic nitrogens is 2. The van der Waals surface area contributed by atoms with Crippen LogP contribution in [-0.2, 0) is 9.53 Å². The minimum absolute atomic E-state index is 0.180. The Bertz CT molecular complexity index is 1240. The summed E-state index contributed by atoms with van der Waals surface area (Å²) in [6.07, 6.45) is 0. The number of thiophene rings is 1. The molecule has 0 aliphatic rings. The van der Waals surface area contributed by atoms with Crippen LogP contribution in [0.1, 0.15) is 17.7 Å². The quantitative estimate of drug-likeness (QED) is 0.357. The summed E-state index contributed by atoms with van der Waals surface area (Å²) >= 11 is 5.72. The van der Waals surface area contributed by atoms with Crippen molar-refractivity contribution in [3.63, 3.8) is 0 Å². The monoisotopic (exact) mass is 428 g/mol. The number of nitrogens with one attached hydrogen (secondary N) is 1. The number of esters is 1. The summed E-state index contributed by atoms with van der Waals surface area (Å²) in [5.74, 6) is -1.13. The largest absolute Gasteiger partial charge is 0.465 e. The van der Waals surface area contributed by atoms with Gasteiger partial charge in [-0.25, -0.2) is 9.07 Å². The van der Waals surface area contributed by atoms with Gasteiger partial charge in [-0.1, -0.05) is 30.3 Å². The molecule has 0 saturated heterocycles. The number of thiol groups is 1. The number of carbonyl (C=O) groups is 1. The van der Waals surface area contributed by atoms with Crippen LogP contribution in [0.2, 0.25) is 0 Å². The molecule has 0 bridgehead atoms. The second kappa shape index (κ2) is 7.88. The van der Waals surface area contributed by atoms with Gasteiger partial charge in [-0.2, -0.15) is 12.6 Å². The first kappa shape index (κ1) is 19.5. The summed E-state index contributed by atoms with van der Waals surface area (Å²) in [4.78, 5) is 26.1. The maximum atomic E-state index is 13.9. The van der Waals surface area contributed by atoms with Crippen LogP contribution in [0.15, 0.2) is 58.7 Å². The topological polar surface area (TPSA) is 64.1 Å². The maximum Gasteiger partial charge on any atom is 0.323 e. The molecule has 0 fully saturated rings. The lowest BCUT2D eigenvalue weighted by atomic mass is 10.1. The normalized spacial score (nSPS) is 12.2. The van der Waals surface area contributed by atoms with Crippen molar-refractivity contribution in [2.24, 2.45) is 0 Å². The molecule has 5 nitrogen and oxygen atoms in total. The minimum atomic E-state index is -1.03. The first-order valence-corrected chi connectivity index (χ1v) is 10.3. The molecule has 0 spiro atoms. The number of ether oxygens (including phenoxy) is 1. The molecule has 4 aromatic rings. The lowest BCUT2D eigenvalue weighted by Gasteiger charge is -2.15. The molecule has 1 N–H and O–H groups in total. The molecule has 0 amide bonds. The molecule has 1 unspecified atom stereocenters. The fourth-order valence-corrected chi connectivity index (χ4v) is 4.44. The van der Waals surface area contributed by atoms with Crippen molar-refractivity contribution in [2.75, 3.05) is 6.61 Å². The van der Waals surface area contributed by atoms with E-state index in [2.05, 4.69) is 17.7 Å². The van der Waals surface area contributed by atoms with E-state index in [1.807, 2.05) is 35.7 Å². The Balaban J connectivity index is 1.88. The predicted molar refractivity (Wildman–Crippen MR) is 116 cm³/mol. The van der Waals surface area contributed by atoms with Crippen LogP contribution in [0.5, 0.6) is 0 Å². The van der Waals surface area contributed by atoms with Crippen molar-refractivity contribution in [2.45, 2.75) is 12.2 Å². The lowest BCUT2D eigenvalue weighted by Crippen LogP contribution is -2.19. The van der Waals surface area contributed by atoms with Crippen LogP contribution >= 0.6 is 24.0 Å². The van der Waals surface area contributed by atoms with Crippen molar-refractivity contribution in [1.82, 2.24) is 9.78 Å². The molecule has 148 valence electrons. The molecule has 0 aliphatic heterocycles. The van der Waals surface area contributed by atoms with Crippen LogP contribution in [-0.4, -0.2) is 22.4 Å². The fraction of sp³-hybridized carbons (Fsp3) is 0.143. The van der Waals surface area contributed by atoms with Gasteiger partial charge in [0.1, 0.15) is 15.9 Å². The number of carbonyl (C=O) groups excluding carboxylic acids is 1. The van der Waals surface area contributed by atoms with Gasteiger partial charge in [0.15, 0.2) is 0 Å². The van der Waals surface area contributed by atoms with Gasteiger partial charge >= 0.3 is 5.97 Å². The Morgan fingerprint density at radius 2 is 2.03 bits per heavy atom. The molecule has 1 atom stereocenters. The molecule has 29 heavy (non-hydrogen) atoms. The van der Waals surface area contributed by atoms with E-state index in [1.54, 1.807) is 6.92 Å². The summed E-state index contributed by atoms with van der Waals surface area (Å²) in [5, 5.41) is 4.51. The highest BCUT2D eigenvalue weighted by Crippen LogP contribution is 2.33. The molecule has 0 radical (unpaired) electrons. The average molecular weight is 429 g/mol. The zero-order chi connectivity index (χ0) is 20.5. The van der Waals surface area contributed by atoms with Crippen molar-refractivity contribution in [3.05, 3.63) is 75.6 Å². The van der Waals surface area contributed by atoms with Gasteiger partial charge in [-0.3, -0.25) is 14.7 Å². The second-order valence-electron chi connectivity index (χ2n) is 6.33. The van der Waals surface area contributed by atoms with Gasteiger partial charge < -0.3 is 4.74 Å². The highest BCUT2D eigenvalue weighted by atomic mass is 32.1. The number of aromatic amines is 1. The summed E-state index contributed by atoms with van der Waals surface area (Å²) < 4.78 is 20.3. The van der Waals surface area contributed by atoms with E-state index in [4.69, 9.17) is 4.74 Å². The molecular formula is C21H17FN2O3S2. The number of fused-ring (bicyclic) bond motifs is 1. The minimum Gasteiger partial charge on any atom is -0.465 e. The molecule has 0 saturated carbocycles. The predicted octanol–water partition coefficient (Wildman–Crippen LogP) is 4.72. The molecular weight excluding hydrogens is 411 g/mol. The average Bonchev–Trinajstić information content (AvgIpc) is 3.28. The number of H-pyrrole nitrogens is 1. The highest BCUT2D eigenvalue weighted by molar-refractivity contribution is 7.81. The third kappa shape index (κ3) is 3.49.